The Kier molecular flexibility index (Phi) is 6.00. The second kappa shape index (κ2) is 9.19. The maximum atomic E-state index is 12.7. The third kappa shape index (κ3) is 4.93. The van der Waals surface area contributed by atoms with Crippen molar-refractivity contribution in [2.45, 2.75) is 6.61 Å². The fraction of sp³-hybridized carbons (Fsp3) is 0.0435. The number of ether oxygens (including phenoxy) is 1. The fourth-order valence-electron chi connectivity index (χ4n) is 2.91. The van der Waals surface area contributed by atoms with Gasteiger partial charge in [-0.15, -0.1) is 11.3 Å². The van der Waals surface area contributed by atoms with Gasteiger partial charge in [0.15, 0.2) is 5.13 Å². The minimum Gasteiger partial charge on any atom is -0.488 e. The molecular weight excluding hydrogens is 412 g/mol. The highest BCUT2D eigenvalue weighted by atomic mass is 32.1. The number of primary amides is 1. The molecular formula is C23H18N4O3S. The summed E-state index contributed by atoms with van der Waals surface area (Å²) in [5, 5.41) is 5.19. The molecule has 2 amide bonds. The lowest BCUT2D eigenvalue weighted by Gasteiger charge is -2.10. The van der Waals surface area contributed by atoms with Gasteiger partial charge in [-0.1, -0.05) is 24.3 Å². The lowest BCUT2D eigenvalue weighted by Crippen LogP contribution is -2.13. The van der Waals surface area contributed by atoms with Crippen LogP contribution < -0.4 is 15.8 Å². The van der Waals surface area contributed by atoms with Crippen molar-refractivity contribution in [1.29, 1.82) is 0 Å². The number of rotatable bonds is 7. The quantitative estimate of drug-likeness (QED) is 0.458. The van der Waals surface area contributed by atoms with Crippen LogP contribution in [-0.2, 0) is 6.61 Å². The van der Waals surface area contributed by atoms with Crippen molar-refractivity contribution in [2.24, 2.45) is 5.73 Å². The third-order valence-corrected chi connectivity index (χ3v) is 5.18. The zero-order valence-corrected chi connectivity index (χ0v) is 17.1. The number of nitrogens with one attached hydrogen (secondary N) is 1. The summed E-state index contributed by atoms with van der Waals surface area (Å²) in [7, 11) is 0. The molecule has 0 saturated carbocycles. The summed E-state index contributed by atoms with van der Waals surface area (Å²) in [4.78, 5) is 32.7. The molecule has 154 valence electrons. The molecule has 0 aliphatic heterocycles. The zero-order valence-electron chi connectivity index (χ0n) is 16.3. The maximum absolute atomic E-state index is 12.7. The van der Waals surface area contributed by atoms with Crippen LogP contribution in [0.15, 0.2) is 78.4 Å². The predicted molar refractivity (Wildman–Crippen MR) is 119 cm³/mol. The first kappa shape index (κ1) is 20.2. The molecule has 2 aromatic carbocycles. The van der Waals surface area contributed by atoms with Gasteiger partial charge in [0.1, 0.15) is 12.4 Å². The Morgan fingerprint density at radius 1 is 1.06 bits per heavy atom. The second-order valence-corrected chi connectivity index (χ2v) is 7.44. The van der Waals surface area contributed by atoms with E-state index in [9.17, 15) is 9.59 Å². The molecule has 0 aliphatic carbocycles. The molecule has 0 spiro atoms. The van der Waals surface area contributed by atoms with E-state index in [2.05, 4.69) is 15.3 Å². The second-order valence-electron chi connectivity index (χ2n) is 6.58. The first-order chi connectivity index (χ1) is 15.1. The summed E-state index contributed by atoms with van der Waals surface area (Å²) in [6, 6.07) is 17.6. The van der Waals surface area contributed by atoms with Crippen LogP contribution >= 0.6 is 11.3 Å². The largest absolute Gasteiger partial charge is 0.488 e. The fourth-order valence-corrected chi connectivity index (χ4v) is 3.62. The number of amides is 2. The van der Waals surface area contributed by atoms with Crippen molar-refractivity contribution in [3.05, 3.63) is 95.1 Å². The van der Waals surface area contributed by atoms with Gasteiger partial charge in [-0.3, -0.25) is 19.9 Å². The first-order valence-corrected chi connectivity index (χ1v) is 10.3. The number of anilines is 1. The smallest absolute Gasteiger partial charge is 0.257 e. The Bertz CT molecular complexity index is 1220. The number of nitrogens with zero attached hydrogens (tertiary/aromatic N) is 2. The van der Waals surface area contributed by atoms with Crippen molar-refractivity contribution in [3.63, 3.8) is 0 Å². The van der Waals surface area contributed by atoms with E-state index < -0.39 is 5.91 Å². The van der Waals surface area contributed by atoms with Gasteiger partial charge < -0.3 is 10.5 Å². The standard InChI is InChI=1S/C23H18N4O3S/c24-21(28)18-8-1-2-9-20(18)30-13-15-5-3-6-16(11-15)22(29)27-23-26-19(14-31-23)17-7-4-10-25-12-17/h1-12,14H,13H2,(H2,24,28)(H,26,27,29). The molecule has 3 N–H and O–H groups in total. The molecule has 0 saturated heterocycles. The molecule has 0 atom stereocenters. The number of hydrogen-bond acceptors (Lipinski definition) is 6. The van der Waals surface area contributed by atoms with Crippen LogP contribution in [0.25, 0.3) is 11.3 Å². The van der Waals surface area contributed by atoms with Gasteiger partial charge in [0, 0.05) is 28.9 Å². The molecule has 2 aromatic heterocycles. The number of thiazole rings is 1. The van der Waals surface area contributed by atoms with Crippen molar-refractivity contribution in [2.75, 3.05) is 5.32 Å². The van der Waals surface area contributed by atoms with E-state index in [0.29, 0.717) is 22.0 Å². The highest BCUT2D eigenvalue weighted by Gasteiger charge is 2.12. The van der Waals surface area contributed by atoms with Gasteiger partial charge in [0.2, 0.25) is 0 Å². The molecule has 0 bridgehead atoms. The van der Waals surface area contributed by atoms with Gasteiger partial charge in [-0.25, -0.2) is 4.98 Å². The molecule has 4 rings (SSSR count). The van der Waals surface area contributed by atoms with Crippen LogP contribution in [0.1, 0.15) is 26.3 Å². The average Bonchev–Trinajstić information content (AvgIpc) is 3.27. The Labute approximate surface area is 182 Å². The number of carbonyl (C=O) groups excluding carboxylic acids is 2. The zero-order chi connectivity index (χ0) is 21.6. The van der Waals surface area contributed by atoms with Crippen LogP contribution in [0.5, 0.6) is 5.75 Å². The number of carbonyl (C=O) groups is 2. The van der Waals surface area contributed by atoms with Gasteiger partial charge in [-0.05, 0) is 42.0 Å². The molecule has 4 aromatic rings. The van der Waals surface area contributed by atoms with Crippen molar-refractivity contribution in [3.8, 4) is 17.0 Å². The summed E-state index contributed by atoms with van der Waals surface area (Å²) in [5.74, 6) is -0.431. The summed E-state index contributed by atoms with van der Waals surface area (Å²) in [5.41, 5.74) is 8.58. The summed E-state index contributed by atoms with van der Waals surface area (Å²) >= 11 is 1.34. The first-order valence-electron chi connectivity index (χ1n) is 9.38. The highest BCUT2D eigenvalue weighted by molar-refractivity contribution is 7.14. The summed E-state index contributed by atoms with van der Waals surface area (Å²) < 4.78 is 5.74. The van der Waals surface area contributed by atoms with E-state index in [0.717, 1.165) is 16.8 Å². The maximum Gasteiger partial charge on any atom is 0.257 e. The van der Waals surface area contributed by atoms with Gasteiger partial charge in [0.05, 0.1) is 11.3 Å². The molecule has 2 heterocycles. The van der Waals surface area contributed by atoms with Crippen LogP contribution in [0.4, 0.5) is 5.13 Å². The topological polar surface area (TPSA) is 107 Å². The van der Waals surface area contributed by atoms with E-state index in [4.69, 9.17) is 10.5 Å². The number of nitrogens with two attached hydrogens (primary N) is 1. The van der Waals surface area contributed by atoms with E-state index in [1.165, 1.54) is 11.3 Å². The van der Waals surface area contributed by atoms with Crippen LogP contribution in [0, 0.1) is 0 Å². The molecule has 8 heteroatoms. The Hall–Kier alpha value is -4.04. The number of aromatic nitrogens is 2. The predicted octanol–water partition coefficient (Wildman–Crippen LogP) is 4.14. The molecule has 7 nitrogen and oxygen atoms in total. The average molecular weight is 430 g/mol. The molecule has 0 radical (unpaired) electrons. The number of pyridine rings is 1. The number of hydrogen-bond donors (Lipinski definition) is 2. The summed E-state index contributed by atoms with van der Waals surface area (Å²) in [6.07, 6.45) is 3.42. The number of benzene rings is 2. The van der Waals surface area contributed by atoms with Gasteiger partial charge in [0.25, 0.3) is 11.8 Å². The van der Waals surface area contributed by atoms with Crippen LogP contribution in [-0.4, -0.2) is 21.8 Å². The van der Waals surface area contributed by atoms with Crippen molar-refractivity contribution in [1.82, 2.24) is 9.97 Å². The van der Waals surface area contributed by atoms with Crippen LogP contribution in [0.2, 0.25) is 0 Å². The lowest BCUT2D eigenvalue weighted by atomic mass is 10.1. The number of para-hydroxylation sites is 1. The summed E-state index contributed by atoms with van der Waals surface area (Å²) in [6.45, 7) is 0.188. The SMILES string of the molecule is NC(=O)c1ccccc1OCc1cccc(C(=O)Nc2nc(-c3cccnc3)cs2)c1. The molecule has 31 heavy (non-hydrogen) atoms. The van der Waals surface area contributed by atoms with E-state index in [-0.39, 0.29) is 12.5 Å². The van der Waals surface area contributed by atoms with Crippen LogP contribution in [0.3, 0.4) is 0 Å². The minimum atomic E-state index is -0.558. The molecule has 0 unspecified atom stereocenters. The van der Waals surface area contributed by atoms with E-state index >= 15 is 0 Å². The molecule has 0 aliphatic rings. The van der Waals surface area contributed by atoms with E-state index in [1.54, 1.807) is 54.9 Å². The third-order valence-electron chi connectivity index (χ3n) is 4.42. The Morgan fingerprint density at radius 2 is 1.94 bits per heavy atom. The van der Waals surface area contributed by atoms with Crippen molar-refractivity contribution >= 4 is 28.3 Å². The lowest BCUT2D eigenvalue weighted by molar-refractivity contribution is 0.0994. The molecule has 0 fully saturated rings. The Morgan fingerprint density at radius 3 is 2.74 bits per heavy atom. The van der Waals surface area contributed by atoms with Crippen molar-refractivity contribution < 1.29 is 14.3 Å². The van der Waals surface area contributed by atoms with E-state index in [1.807, 2.05) is 23.6 Å². The highest BCUT2D eigenvalue weighted by Crippen LogP contribution is 2.25. The monoisotopic (exact) mass is 430 g/mol. The normalized spacial score (nSPS) is 10.5. The van der Waals surface area contributed by atoms with Gasteiger partial charge >= 0.3 is 0 Å². The Balaban J connectivity index is 1.43. The minimum absolute atomic E-state index is 0.188. The van der Waals surface area contributed by atoms with Gasteiger partial charge in [-0.2, -0.15) is 0 Å².